The van der Waals surface area contributed by atoms with Gasteiger partial charge in [0.2, 0.25) is 5.91 Å². The Hall–Kier alpha value is -3.00. The highest BCUT2D eigenvalue weighted by molar-refractivity contribution is 7.13. The third-order valence-electron chi connectivity index (χ3n) is 3.39. The maximum Gasteiger partial charge on any atom is 0.270 e. The number of nitrogens with one attached hydrogen (secondary N) is 1. The molecule has 1 amide bonds. The van der Waals surface area contributed by atoms with E-state index in [9.17, 15) is 9.59 Å². The molecule has 0 unspecified atom stereocenters. The molecule has 0 fully saturated rings. The SMILES string of the molecule is COc1cc(=O)n(CC(=O)Nc2nc(C)cs2)nc1-c1ccccc1. The summed E-state index contributed by atoms with van der Waals surface area (Å²) in [6, 6.07) is 10.7. The van der Waals surface area contributed by atoms with Gasteiger partial charge in [-0.25, -0.2) is 9.67 Å². The van der Waals surface area contributed by atoms with Gasteiger partial charge in [0.15, 0.2) is 10.9 Å². The van der Waals surface area contributed by atoms with Crippen LogP contribution in [0.5, 0.6) is 5.75 Å². The average molecular weight is 356 g/mol. The van der Waals surface area contributed by atoms with Crippen LogP contribution in [-0.2, 0) is 11.3 Å². The molecule has 1 aromatic carbocycles. The van der Waals surface area contributed by atoms with Crippen LogP contribution in [0.15, 0.2) is 46.6 Å². The minimum Gasteiger partial charge on any atom is -0.494 e. The van der Waals surface area contributed by atoms with Crippen LogP contribution in [0, 0.1) is 6.92 Å². The minimum absolute atomic E-state index is 0.207. The first-order valence-electron chi connectivity index (χ1n) is 7.50. The number of carbonyl (C=O) groups is 1. The summed E-state index contributed by atoms with van der Waals surface area (Å²) in [6.07, 6.45) is 0. The highest BCUT2D eigenvalue weighted by atomic mass is 32.1. The summed E-state index contributed by atoms with van der Waals surface area (Å²) in [5.41, 5.74) is 1.71. The van der Waals surface area contributed by atoms with Crippen molar-refractivity contribution in [1.82, 2.24) is 14.8 Å². The summed E-state index contributed by atoms with van der Waals surface area (Å²) in [6.45, 7) is 1.63. The predicted octanol–water partition coefficient (Wildman–Crippen LogP) is 2.32. The number of aryl methyl sites for hydroxylation is 1. The molecule has 2 heterocycles. The van der Waals surface area contributed by atoms with E-state index < -0.39 is 5.56 Å². The van der Waals surface area contributed by atoms with Crippen molar-refractivity contribution in [3.8, 4) is 17.0 Å². The molecule has 2 aromatic heterocycles. The van der Waals surface area contributed by atoms with E-state index in [0.29, 0.717) is 16.6 Å². The number of ether oxygens (including phenoxy) is 1. The normalized spacial score (nSPS) is 10.5. The Labute approximate surface area is 147 Å². The molecule has 128 valence electrons. The highest BCUT2D eigenvalue weighted by Crippen LogP contribution is 2.25. The number of rotatable bonds is 5. The van der Waals surface area contributed by atoms with Gasteiger partial charge >= 0.3 is 0 Å². The highest BCUT2D eigenvalue weighted by Gasteiger charge is 2.14. The van der Waals surface area contributed by atoms with Gasteiger partial charge in [0.1, 0.15) is 12.2 Å². The third kappa shape index (κ3) is 3.92. The maximum atomic E-state index is 12.2. The number of aromatic nitrogens is 3. The molecule has 0 atom stereocenters. The van der Waals surface area contributed by atoms with E-state index in [1.807, 2.05) is 42.6 Å². The molecule has 0 aliphatic carbocycles. The lowest BCUT2D eigenvalue weighted by Crippen LogP contribution is -2.29. The Kier molecular flexibility index (Phi) is 4.90. The van der Waals surface area contributed by atoms with Crippen molar-refractivity contribution < 1.29 is 9.53 Å². The standard InChI is InChI=1S/C17H16N4O3S/c1-11-10-25-17(18-11)19-14(22)9-21-15(23)8-13(24-2)16(20-21)12-6-4-3-5-7-12/h3-8,10H,9H2,1-2H3,(H,18,19,22). The molecule has 1 N–H and O–H groups in total. The van der Waals surface area contributed by atoms with E-state index in [4.69, 9.17) is 4.74 Å². The Morgan fingerprint density at radius 2 is 2.08 bits per heavy atom. The Balaban J connectivity index is 1.88. The lowest BCUT2D eigenvalue weighted by Gasteiger charge is -2.11. The van der Waals surface area contributed by atoms with E-state index in [1.54, 1.807) is 0 Å². The zero-order chi connectivity index (χ0) is 17.8. The van der Waals surface area contributed by atoms with Crippen molar-refractivity contribution in [2.24, 2.45) is 0 Å². The minimum atomic E-state index is -0.415. The first-order chi connectivity index (χ1) is 12.1. The number of benzene rings is 1. The molecule has 25 heavy (non-hydrogen) atoms. The number of hydrogen-bond donors (Lipinski definition) is 1. The van der Waals surface area contributed by atoms with E-state index in [-0.39, 0.29) is 12.5 Å². The number of amides is 1. The monoisotopic (exact) mass is 356 g/mol. The third-order valence-corrected chi connectivity index (χ3v) is 4.26. The summed E-state index contributed by atoms with van der Waals surface area (Å²) < 4.78 is 6.37. The van der Waals surface area contributed by atoms with E-state index in [1.165, 1.54) is 24.5 Å². The van der Waals surface area contributed by atoms with Gasteiger partial charge in [-0.15, -0.1) is 11.3 Å². The molecule has 8 heteroatoms. The quantitative estimate of drug-likeness (QED) is 0.758. The van der Waals surface area contributed by atoms with Gasteiger partial charge in [-0.05, 0) is 6.92 Å². The number of methoxy groups -OCH3 is 1. The van der Waals surface area contributed by atoms with Crippen molar-refractivity contribution in [3.63, 3.8) is 0 Å². The summed E-state index contributed by atoms with van der Waals surface area (Å²) in [7, 11) is 1.48. The number of nitrogens with zero attached hydrogens (tertiary/aromatic N) is 3. The van der Waals surface area contributed by atoms with Crippen LogP contribution in [0.1, 0.15) is 5.69 Å². The molecule has 7 nitrogen and oxygen atoms in total. The lowest BCUT2D eigenvalue weighted by molar-refractivity contribution is -0.117. The van der Waals surface area contributed by atoms with Crippen LogP contribution in [0.4, 0.5) is 5.13 Å². The van der Waals surface area contributed by atoms with Crippen LogP contribution in [-0.4, -0.2) is 27.8 Å². The van der Waals surface area contributed by atoms with Gasteiger partial charge in [-0.2, -0.15) is 5.10 Å². The van der Waals surface area contributed by atoms with Crippen LogP contribution < -0.4 is 15.6 Å². The fourth-order valence-electron chi connectivity index (χ4n) is 2.25. The zero-order valence-corrected chi connectivity index (χ0v) is 14.5. The van der Waals surface area contributed by atoms with Gasteiger partial charge in [-0.1, -0.05) is 30.3 Å². The van der Waals surface area contributed by atoms with Gasteiger partial charge in [0, 0.05) is 17.0 Å². The van der Waals surface area contributed by atoms with Gasteiger partial charge in [0.05, 0.1) is 12.8 Å². The van der Waals surface area contributed by atoms with E-state index in [2.05, 4.69) is 15.4 Å². The smallest absolute Gasteiger partial charge is 0.270 e. The molecule has 3 rings (SSSR count). The molecular formula is C17H16N4O3S. The number of hydrogen-bond acceptors (Lipinski definition) is 6. The molecule has 0 bridgehead atoms. The second-order valence-electron chi connectivity index (χ2n) is 5.27. The van der Waals surface area contributed by atoms with E-state index in [0.717, 1.165) is 15.9 Å². The van der Waals surface area contributed by atoms with Gasteiger partial charge < -0.3 is 10.1 Å². The summed E-state index contributed by atoms with van der Waals surface area (Å²) >= 11 is 1.33. The lowest BCUT2D eigenvalue weighted by atomic mass is 10.1. The van der Waals surface area contributed by atoms with Crippen LogP contribution in [0.2, 0.25) is 0 Å². The summed E-state index contributed by atoms with van der Waals surface area (Å²) in [5, 5.41) is 9.29. The largest absolute Gasteiger partial charge is 0.494 e. The number of thiazole rings is 1. The number of anilines is 1. The van der Waals surface area contributed by atoms with Gasteiger partial charge in [-0.3, -0.25) is 9.59 Å². The molecule has 0 aliphatic heterocycles. The van der Waals surface area contributed by atoms with Crippen LogP contribution in [0.3, 0.4) is 0 Å². The summed E-state index contributed by atoms with van der Waals surface area (Å²) in [5.74, 6) is -0.00321. The van der Waals surface area contributed by atoms with E-state index >= 15 is 0 Å². The molecular weight excluding hydrogens is 340 g/mol. The van der Waals surface area contributed by atoms with Gasteiger partial charge in [0.25, 0.3) is 5.56 Å². The fraction of sp³-hybridized carbons (Fsp3) is 0.176. The Bertz CT molecular complexity index is 950. The van der Waals surface area contributed by atoms with Crippen molar-refractivity contribution in [1.29, 1.82) is 0 Å². The maximum absolute atomic E-state index is 12.2. The molecule has 0 radical (unpaired) electrons. The first-order valence-corrected chi connectivity index (χ1v) is 8.38. The average Bonchev–Trinajstić information content (AvgIpc) is 3.01. The fourth-order valence-corrected chi connectivity index (χ4v) is 2.95. The molecule has 0 saturated carbocycles. The second-order valence-corrected chi connectivity index (χ2v) is 6.12. The zero-order valence-electron chi connectivity index (χ0n) is 13.7. The Morgan fingerprint density at radius 1 is 1.32 bits per heavy atom. The van der Waals surface area contributed by atoms with Crippen molar-refractivity contribution >= 4 is 22.4 Å². The van der Waals surface area contributed by atoms with Crippen molar-refractivity contribution in [2.45, 2.75) is 13.5 Å². The predicted molar refractivity (Wildman–Crippen MR) is 96.0 cm³/mol. The molecule has 0 aliphatic rings. The topological polar surface area (TPSA) is 86.1 Å². The second kappa shape index (κ2) is 7.27. The first kappa shape index (κ1) is 16.8. The molecule has 0 saturated heterocycles. The Morgan fingerprint density at radius 3 is 2.72 bits per heavy atom. The summed E-state index contributed by atoms with van der Waals surface area (Å²) in [4.78, 5) is 28.5. The number of carbonyl (C=O) groups excluding carboxylic acids is 1. The molecule has 0 spiro atoms. The van der Waals surface area contributed by atoms with Crippen LogP contribution >= 0.6 is 11.3 Å². The van der Waals surface area contributed by atoms with Crippen LogP contribution in [0.25, 0.3) is 11.3 Å². The molecule has 3 aromatic rings. The van der Waals surface area contributed by atoms with Crippen molar-refractivity contribution in [3.05, 3.63) is 57.8 Å². The van der Waals surface area contributed by atoms with Crippen molar-refractivity contribution in [2.75, 3.05) is 12.4 Å².